The molecule has 88 valence electrons. The number of alkyl halides is 1. The number of allylic oxidation sites excluding steroid dienone is 1. The number of hydrogen-bond acceptors (Lipinski definition) is 3. The molecule has 1 spiro atoms. The highest BCUT2D eigenvalue weighted by Crippen LogP contribution is 2.71. The first-order valence-electron chi connectivity index (χ1n) is 5.43. The maximum atomic E-state index is 13.8. The van der Waals surface area contributed by atoms with Crippen LogP contribution in [0.4, 0.5) is 4.39 Å². The average Bonchev–Trinajstić information content (AvgIpc) is 2.95. The first kappa shape index (κ1) is 11.3. The van der Waals surface area contributed by atoms with Crippen molar-refractivity contribution in [3.8, 4) is 0 Å². The van der Waals surface area contributed by atoms with E-state index in [9.17, 15) is 14.0 Å². The molecular formula is C12H15FO3. The molecule has 0 aromatic rings. The molecule has 2 rings (SSSR count). The van der Waals surface area contributed by atoms with Crippen LogP contribution in [0.1, 0.15) is 32.6 Å². The largest absolute Gasteiger partial charge is 0.505 e. The highest BCUT2D eigenvalue weighted by Gasteiger charge is 2.72. The predicted octanol–water partition coefficient (Wildman–Crippen LogP) is 2.11. The molecule has 2 fully saturated rings. The van der Waals surface area contributed by atoms with Crippen LogP contribution >= 0.6 is 0 Å². The van der Waals surface area contributed by atoms with Crippen LogP contribution < -0.4 is 0 Å². The van der Waals surface area contributed by atoms with Crippen molar-refractivity contribution in [1.29, 1.82) is 0 Å². The fourth-order valence-electron chi connectivity index (χ4n) is 2.82. The van der Waals surface area contributed by atoms with E-state index in [4.69, 9.17) is 5.11 Å². The third-order valence-electron chi connectivity index (χ3n) is 4.13. The summed E-state index contributed by atoms with van der Waals surface area (Å²) < 4.78 is 13.8. The second-order valence-corrected chi connectivity index (χ2v) is 5.12. The Morgan fingerprint density at radius 1 is 1.50 bits per heavy atom. The molecule has 0 amide bonds. The Bertz CT molecular complexity index is 380. The zero-order chi connectivity index (χ0) is 12.1. The molecule has 0 heterocycles. The summed E-state index contributed by atoms with van der Waals surface area (Å²) >= 11 is 0. The summed E-state index contributed by atoms with van der Waals surface area (Å²) in [5.74, 6) is -1.85. The first-order valence-corrected chi connectivity index (χ1v) is 5.43. The van der Waals surface area contributed by atoms with E-state index in [0.717, 1.165) is 12.8 Å². The standard InChI is InChI=1S/C12H15FO3/c1-7(14)9(15)5-10(16)8-6-11(2,13)12(8)3-4-12/h8,14H,1,3-6H2,2H3. The van der Waals surface area contributed by atoms with Crippen LogP contribution in [0.2, 0.25) is 0 Å². The molecule has 0 aromatic carbocycles. The second-order valence-electron chi connectivity index (χ2n) is 5.12. The summed E-state index contributed by atoms with van der Waals surface area (Å²) in [4.78, 5) is 22.9. The molecule has 0 aliphatic heterocycles. The lowest BCUT2D eigenvalue weighted by Crippen LogP contribution is -2.54. The molecule has 0 radical (unpaired) electrons. The Labute approximate surface area is 93.3 Å². The minimum Gasteiger partial charge on any atom is -0.505 e. The van der Waals surface area contributed by atoms with Crippen molar-refractivity contribution < 1.29 is 19.1 Å². The molecular weight excluding hydrogens is 211 g/mol. The highest BCUT2D eigenvalue weighted by molar-refractivity contribution is 6.07. The van der Waals surface area contributed by atoms with Crippen LogP contribution in [-0.2, 0) is 9.59 Å². The molecule has 16 heavy (non-hydrogen) atoms. The molecule has 1 N–H and O–H groups in total. The summed E-state index contributed by atoms with van der Waals surface area (Å²) in [5.41, 5.74) is -1.76. The van der Waals surface area contributed by atoms with E-state index >= 15 is 0 Å². The fourth-order valence-corrected chi connectivity index (χ4v) is 2.82. The molecule has 0 saturated heterocycles. The minimum absolute atomic E-state index is 0.205. The Kier molecular flexibility index (Phi) is 2.23. The van der Waals surface area contributed by atoms with Gasteiger partial charge in [-0.1, -0.05) is 6.58 Å². The fraction of sp³-hybridized carbons (Fsp3) is 0.667. The van der Waals surface area contributed by atoms with Crippen molar-refractivity contribution in [1.82, 2.24) is 0 Å². The Morgan fingerprint density at radius 3 is 2.44 bits per heavy atom. The lowest BCUT2D eigenvalue weighted by Gasteiger charge is -2.48. The molecule has 0 aromatic heterocycles. The third-order valence-corrected chi connectivity index (χ3v) is 4.13. The first-order chi connectivity index (χ1) is 7.30. The van der Waals surface area contributed by atoms with Crippen molar-refractivity contribution in [2.24, 2.45) is 11.3 Å². The van der Waals surface area contributed by atoms with Gasteiger partial charge in [0, 0.05) is 11.3 Å². The maximum absolute atomic E-state index is 13.8. The van der Waals surface area contributed by atoms with Crippen molar-refractivity contribution in [3.05, 3.63) is 12.3 Å². The number of Topliss-reactive ketones (excluding diaryl/α,β-unsaturated/α-hetero) is 2. The van der Waals surface area contributed by atoms with Crippen LogP contribution in [0.15, 0.2) is 12.3 Å². The Morgan fingerprint density at radius 2 is 2.06 bits per heavy atom. The zero-order valence-electron chi connectivity index (χ0n) is 9.25. The van der Waals surface area contributed by atoms with Crippen molar-refractivity contribution in [2.75, 3.05) is 0 Å². The van der Waals surface area contributed by atoms with Crippen molar-refractivity contribution >= 4 is 11.6 Å². The summed E-state index contributed by atoms with van der Waals surface area (Å²) in [6.45, 7) is 4.60. The number of aliphatic hydroxyl groups is 1. The van der Waals surface area contributed by atoms with Gasteiger partial charge < -0.3 is 5.11 Å². The van der Waals surface area contributed by atoms with E-state index in [-0.39, 0.29) is 24.5 Å². The van der Waals surface area contributed by atoms with Crippen LogP contribution in [0.25, 0.3) is 0 Å². The van der Waals surface area contributed by atoms with E-state index in [0.29, 0.717) is 0 Å². The summed E-state index contributed by atoms with van der Waals surface area (Å²) in [7, 11) is 0. The summed E-state index contributed by atoms with van der Waals surface area (Å²) in [6, 6.07) is 0. The molecule has 4 heteroatoms. The van der Waals surface area contributed by atoms with Gasteiger partial charge in [0.15, 0.2) is 5.76 Å². The molecule has 3 nitrogen and oxygen atoms in total. The van der Waals surface area contributed by atoms with Gasteiger partial charge in [-0.05, 0) is 26.2 Å². The van der Waals surface area contributed by atoms with Gasteiger partial charge >= 0.3 is 0 Å². The number of aliphatic hydroxyl groups excluding tert-OH is 1. The summed E-state index contributed by atoms with van der Waals surface area (Å²) in [6.07, 6.45) is 1.31. The quantitative estimate of drug-likeness (QED) is 0.454. The zero-order valence-corrected chi connectivity index (χ0v) is 9.25. The van der Waals surface area contributed by atoms with Gasteiger partial charge in [0.1, 0.15) is 11.5 Å². The number of halogens is 1. The highest BCUT2D eigenvalue weighted by atomic mass is 19.1. The van der Waals surface area contributed by atoms with Crippen LogP contribution in [-0.4, -0.2) is 22.3 Å². The van der Waals surface area contributed by atoms with Crippen LogP contribution in [0, 0.1) is 11.3 Å². The van der Waals surface area contributed by atoms with Crippen molar-refractivity contribution in [2.45, 2.75) is 38.3 Å². The van der Waals surface area contributed by atoms with E-state index in [1.807, 2.05) is 0 Å². The minimum atomic E-state index is -1.26. The smallest absolute Gasteiger partial charge is 0.203 e. The normalized spacial score (nSPS) is 34.2. The van der Waals surface area contributed by atoms with E-state index < -0.39 is 22.6 Å². The maximum Gasteiger partial charge on any atom is 0.203 e. The topological polar surface area (TPSA) is 54.4 Å². The van der Waals surface area contributed by atoms with Gasteiger partial charge in [-0.3, -0.25) is 9.59 Å². The average molecular weight is 226 g/mol. The Hall–Kier alpha value is -1.19. The molecule has 2 saturated carbocycles. The van der Waals surface area contributed by atoms with Gasteiger partial charge in [0.25, 0.3) is 0 Å². The van der Waals surface area contributed by atoms with Gasteiger partial charge in [-0.25, -0.2) is 4.39 Å². The number of rotatable bonds is 4. The molecule has 2 atom stereocenters. The van der Waals surface area contributed by atoms with Gasteiger partial charge in [-0.2, -0.15) is 0 Å². The molecule has 0 bridgehead atoms. The van der Waals surface area contributed by atoms with E-state index in [1.54, 1.807) is 0 Å². The molecule has 2 aliphatic carbocycles. The van der Waals surface area contributed by atoms with Gasteiger partial charge in [0.05, 0.1) is 6.42 Å². The number of hydrogen-bond donors (Lipinski definition) is 1. The lowest BCUT2D eigenvalue weighted by molar-refractivity contribution is -0.147. The monoisotopic (exact) mass is 226 g/mol. The third kappa shape index (κ3) is 1.39. The number of carbonyl (C=O) groups excluding carboxylic acids is 2. The lowest BCUT2D eigenvalue weighted by atomic mass is 9.58. The van der Waals surface area contributed by atoms with Crippen LogP contribution in [0.3, 0.4) is 0 Å². The van der Waals surface area contributed by atoms with Gasteiger partial charge in [0.2, 0.25) is 5.78 Å². The van der Waals surface area contributed by atoms with Gasteiger partial charge in [-0.15, -0.1) is 0 Å². The summed E-state index contributed by atoms with van der Waals surface area (Å²) in [5, 5.41) is 8.82. The molecule has 2 unspecified atom stereocenters. The van der Waals surface area contributed by atoms with E-state index in [1.165, 1.54) is 6.92 Å². The number of carbonyl (C=O) groups is 2. The number of ketones is 2. The SMILES string of the molecule is C=C(O)C(=O)CC(=O)C1CC(C)(F)C12CC2. The Balaban J connectivity index is 1.99. The predicted molar refractivity (Wildman–Crippen MR) is 55.7 cm³/mol. The molecule has 2 aliphatic rings. The second kappa shape index (κ2) is 3.15. The van der Waals surface area contributed by atoms with Crippen molar-refractivity contribution in [3.63, 3.8) is 0 Å². The van der Waals surface area contributed by atoms with Crippen LogP contribution in [0.5, 0.6) is 0 Å². The van der Waals surface area contributed by atoms with E-state index in [2.05, 4.69) is 6.58 Å².